The lowest BCUT2D eigenvalue weighted by Gasteiger charge is -2.40. The molecular formula is C14H25N3OS2. The smallest absolute Gasteiger partial charge is 0.235 e. The van der Waals surface area contributed by atoms with Crippen LogP contribution < -0.4 is 5.73 Å². The fraction of sp³-hybridized carbons (Fsp3) is 0.857. The molecule has 2 aliphatic heterocycles. The lowest BCUT2D eigenvalue weighted by molar-refractivity contribution is -0.132. The number of rotatable bonds is 4. The Morgan fingerprint density at radius 3 is 2.55 bits per heavy atom. The summed E-state index contributed by atoms with van der Waals surface area (Å²) in [4.78, 5) is 17.4. The van der Waals surface area contributed by atoms with E-state index in [1.54, 1.807) is 0 Å². The normalized spacial score (nSPS) is 26.2. The zero-order valence-corrected chi connectivity index (χ0v) is 13.8. The molecule has 4 nitrogen and oxygen atoms in total. The summed E-state index contributed by atoms with van der Waals surface area (Å²) in [6, 6.07) is 0.186. The number of hydrogen-bond acceptors (Lipinski definition) is 4. The summed E-state index contributed by atoms with van der Waals surface area (Å²) in [5, 5.41) is 0.202. The molecule has 0 aromatic rings. The Morgan fingerprint density at radius 1 is 1.35 bits per heavy atom. The minimum atomic E-state index is 0.186. The van der Waals surface area contributed by atoms with E-state index in [1.807, 2.05) is 16.7 Å². The number of amides is 1. The number of carbonyl (C=O) groups excluding carboxylic acids is 1. The first-order valence-electron chi connectivity index (χ1n) is 7.57. The molecule has 2 saturated heterocycles. The van der Waals surface area contributed by atoms with Crippen molar-refractivity contribution in [2.45, 2.75) is 43.9 Å². The molecule has 2 heterocycles. The number of nitrogens with zero attached hydrogens (tertiary/aromatic N) is 2. The summed E-state index contributed by atoms with van der Waals surface area (Å²) in [7, 11) is 0. The largest absolute Gasteiger partial charge is 0.392 e. The Morgan fingerprint density at radius 2 is 2.05 bits per heavy atom. The first-order valence-corrected chi connectivity index (χ1v) is 9.03. The van der Waals surface area contributed by atoms with Crippen molar-refractivity contribution in [3.8, 4) is 0 Å². The van der Waals surface area contributed by atoms with E-state index in [-0.39, 0.29) is 11.3 Å². The van der Waals surface area contributed by atoms with Crippen LogP contribution in [0.3, 0.4) is 0 Å². The van der Waals surface area contributed by atoms with Crippen LogP contribution >= 0.6 is 24.0 Å². The van der Waals surface area contributed by atoms with Gasteiger partial charge in [-0.2, -0.15) is 0 Å². The van der Waals surface area contributed by atoms with E-state index in [0.29, 0.717) is 10.9 Å². The van der Waals surface area contributed by atoms with Crippen LogP contribution in [0, 0.1) is 0 Å². The van der Waals surface area contributed by atoms with Crippen LogP contribution in [0.5, 0.6) is 0 Å². The van der Waals surface area contributed by atoms with Crippen LogP contribution in [0.4, 0.5) is 0 Å². The number of nitrogens with two attached hydrogens (primary N) is 1. The zero-order valence-electron chi connectivity index (χ0n) is 12.2. The second-order valence-corrected chi connectivity index (χ2v) is 7.32. The van der Waals surface area contributed by atoms with Gasteiger partial charge in [-0.3, -0.25) is 9.69 Å². The molecule has 0 aromatic carbocycles. The third-order valence-electron chi connectivity index (χ3n) is 4.24. The van der Waals surface area contributed by atoms with Gasteiger partial charge in [-0.15, -0.1) is 11.8 Å². The minimum absolute atomic E-state index is 0.186. The first-order chi connectivity index (χ1) is 9.63. The number of thiocarbonyl (C=S) groups is 1. The van der Waals surface area contributed by atoms with Gasteiger partial charge in [-0.1, -0.05) is 25.6 Å². The predicted molar refractivity (Wildman–Crippen MR) is 89.1 cm³/mol. The molecule has 2 fully saturated rings. The van der Waals surface area contributed by atoms with Gasteiger partial charge in [0.25, 0.3) is 0 Å². The molecule has 2 aliphatic rings. The van der Waals surface area contributed by atoms with Crippen molar-refractivity contribution >= 4 is 34.9 Å². The monoisotopic (exact) mass is 315 g/mol. The van der Waals surface area contributed by atoms with Crippen molar-refractivity contribution in [3.63, 3.8) is 0 Å². The van der Waals surface area contributed by atoms with E-state index in [4.69, 9.17) is 18.0 Å². The van der Waals surface area contributed by atoms with Gasteiger partial charge < -0.3 is 10.6 Å². The van der Waals surface area contributed by atoms with Gasteiger partial charge in [-0.05, 0) is 25.0 Å². The molecule has 20 heavy (non-hydrogen) atoms. The van der Waals surface area contributed by atoms with Crippen molar-refractivity contribution in [1.29, 1.82) is 0 Å². The molecule has 2 unspecified atom stereocenters. The number of thioether (sulfide) groups is 1. The molecule has 0 saturated carbocycles. The zero-order chi connectivity index (χ0) is 14.5. The van der Waals surface area contributed by atoms with Gasteiger partial charge in [0.1, 0.15) is 0 Å². The lowest BCUT2D eigenvalue weighted by atomic mass is 10.1. The van der Waals surface area contributed by atoms with Crippen molar-refractivity contribution in [1.82, 2.24) is 9.80 Å². The van der Waals surface area contributed by atoms with E-state index in [9.17, 15) is 4.79 Å². The van der Waals surface area contributed by atoms with Crippen molar-refractivity contribution in [2.24, 2.45) is 5.73 Å². The quantitative estimate of drug-likeness (QED) is 0.797. The molecule has 2 atom stereocenters. The predicted octanol–water partition coefficient (Wildman–Crippen LogP) is 1.48. The van der Waals surface area contributed by atoms with Crippen molar-refractivity contribution in [2.75, 3.05) is 31.9 Å². The topological polar surface area (TPSA) is 49.6 Å². The molecule has 2 rings (SSSR count). The Hall–Kier alpha value is -0.330. The highest BCUT2D eigenvalue weighted by Gasteiger charge is 2.30. The minimum Gasteiger partial charge on any atom is -0.392 e. The third-order valence-corrected chi connectivity index (χ3v) is 5.87. The molecule has 0 bridgehead atoms. The van der Waals surface area contributed by atoms with E-state index in [1.165, 1.54) is 12.8 Å². The van der Waals surface area contributed by atoms with E-state index in [0.717, 1.165) is 44.8 Å². The van der Waals surface area contributed by atoms with Crippen LogP contribution in [-0.4, -0.2) is 63.9 Å². The van der Waals surface area contributed by atoms with E-state index in [2.05, 4.69) is 11.8 Å². The van der Waals surface area contributed by atoms with Crippen molar-refractivity contribution in [3.05, 3.63) is 0 Å². The van der Waals surface area contributed by atoms with Gasteiger partial charge in [0.2, 0.25) is 5.91 Å². The summed E-state index contributed by atoms with van der Waals surface area (Å²) >= 11 is 6.97. The van der Waals surface area contributed by atoms with E-state index < -0.39 is 0 Å². The fourth-order valence-corrected chi connectivity index (χ4v) is 4.63. The number of piperazine rings is 1. The fourth-order valence-electron chi connectivity index (χ4n) is 3.03. The molecule has 0 spiro atoms. The lowest BCUT2D eigenvalue weighted by Crippen LogP contribution is -2.56. The second kappa shape index (κ2) is 7.61. The van der Waals surface area contributed by atoms with Crippen molar-refractivity contribution < 1.29 is 4.79 Å². The van der Waals surface area contributed by atoms with Crippen LogP contribution in [0.2, 0.25) is 0 Å². The summed E-state index contributed by atoms with van der Waals surface area (Å²) in [5.74, 6) is 1.48. The maximum Gasteiger partial charge on any atom is 0.235 e. The van der Waals surface area contributed by atoms with Crippen LogP contribution in [0.25, 0.3) is 0 Å². The third kappa shape index (κ3) is 3.86. The van der Waals surface area contributed by atoms with Gasteiger partial charge >= 0.3 is 0 Å². The Labute approximate surface area is 131 Å². The molecule has 2 N–H and O–H groups in total. The molecular weight excluding hydrogens is 290 g/mol. The Balaban J connectivity index is 1.84. The maximum absolute atomic E-state index is 12.5. The highest BCUT2D eigenvalue weighted by molar-refractivity contribution is 8.00. The van der Waals surface area contributed by atoms with E-state index >= 15 is 0 Å². The summed E-state index contributed by atoms with van der Waals surface area (Å²) < 4.78 is 0. The summed E-state index contributed by atoms with van der Waals surface area (Å²) in [6.45, 7) is 5.52. The highest BCUT2D eigenvalue weighted by atomic mass is 32.2. The maximum atomic E-state index is 12.5. The van der Waals surface area contributed by atoms with Crippen LogP contribution in [0.1, 0.15) is 32.6 Å². The molecule has 0 aliphatic carbocycles. The number of hydrogen-bond donors (Lipinski definition) is 1. The van der Waals surface area contributed by atoms with Crippen LogP contribution in [0.15, 0.2) is 0 Å². The molecule has 0 radical (unpaired) electrons. The van der Waals surface area contributed by atoms with Gasteiger partial charge in [-0.25, -0.2) is 0 Å². The summed E-state index contributed by atoms with van der Waals surface area (Å²) in [6.07, 6.45) is 4.45. The average Bonchev–Trinajstić information content (AvgIpc) is 2.48. The highest BCUT2D eigenvalue weighted by Crippen LogP contribution is 2.27. The standard InChI is InChI=1S/C14H25N3OS2/c1-2-11(13(15)19)16-6-8-17(9-7-16)14(18)12-5-3-4-10-20-12/h11-12H,2-10H2,1H3,(H2,15,19). The Kier molecular flexibility index (Phi) is 6.11. The van der Waals surface area contributed by atoms with Gasteiger partial charge in [0, 0.05) is 26.2 Å². The summed E-state index contributed by atoms with van der Waals surface area (Å²) in [5.41, 5.74) is 5.80. The molecule has 1 amide bonds. The Bertz CT molecular complexity index is 350. The molecule has 0 aromatic heterocycles. The molecule has 6 heteroatoms. The van der Waals surface area contributed by atoms with Gasteiger partial charge in [0.15, 0.2) is 0 Å². The SMILES string of the molecule is CCC(C(N)=S)N1CCN(C(=O)C2CCCCS2)CC1. The number of carbonyl (C=O) groups is 1. The van der Waals surface area contributed by atoms with Crippen LogP contribution in [-0.2, 0) is 4.79 Å². The first kappa shape index (κ1) is 16.0. The second-order valence-electron chi connectivity index (χ2n) is 5.54. The van der Waals surface area contributed by atoms with Gasteiger partial charge in [0.05, 0.1) is 16.3 Å². The molecule has 114 valence electrons. The average molecular weight is 316 g/mol.